The standard InChI is InChI=1S/C33H39BrClF3N6O6/c1-17(19-10-9-11-39-26(19)44(29(45)49-31(2,3)4)30(46)50-32(5,6)7)43-12-13-47-25-20-24(23(36)21(34)22(25)35)40-28(41-27(20)43)48-15-18-14-33(37,38)16-42(18)8/h9-11,17-18H,12-16H2,1-8H3/t17-,18+/m1/s1. The van der Waals surface area contributed by atoms with Crippen LogP contribution < -0.4 is 19.3 Å². The monoisotopic (exact) mass is 786 g/mol. The molecule has 2 atom stereocenters. The van der Waals surface area contributed by atoms with Crippen LogP contribution in [0.5, 0.6) is 11.8 Å². The quantitative estimate of drug-likeness (QED) is 0.227. The normalized spacial score (nSPS) is 18.3. The molecule has 0 aliphatic carbocycles. The molecule has 12 nitrogen and oxygen atoms in total. The van der Waals surface area contributed by atoms with Crippen LogP contribution in [0.25, 0.3) is 10.9 Å². The highest BCUT2D eigenvalue weighted by atomic mass is 79.9. The second-order valence-corrected chi connectivity index (χ2v) is 15.4. The smallest absolute Gasteiger partial charge is 0.425 e. The fourth-order valence-electron chi connectivity index (χ4n) is 5.71. The lowest BCUT2D eigenvalue weighted by Gasteiger charge is -2.33. The zero-order valence-electron chi connectivity index (χ0n) is 28.9. The second kappa shape index (κ2) is 13.8. The van der Waals surface area contributed by atoms with Crippen LogP contribution in [0, 0.1) is 5.82 Å². The molecule has 2 aliphatic rings. The first-order valence-corrected chi connectivity index (χ1v) is 17.0. The van der Waals surface area contributed by atoms with Gasteiger partial charge in [-0.1, -0.05) is 17.7 Å². The van der Waals surface area contributed by atoms with Crippen LogP contribution in [0.2, 0.25) is 5.02 Å². The lowest BCUT2D eigenvalue weighted by atomic mass is 10.1. The molecule has 1 saturated heterocycles. The van der Waals surface area contributed by atoms with Gasteiger partial charge in [-0.25, -0.2) is 27.7 Å². The highest BCUT2D eigenvalue weighted by Crippen LogP contribution is 2.48. The summed E-state index contributed by atoms with van der Waals surface area (Å²) in [5, 5.41) is 0.0967. The van der Waals surface area contributed by atoms with Crippen molar-refractivity contribution in [1.29, 1.82) is 0 Å². The van der Waals surface area contributed by atoms with Crippen molar-refractivity contribution in [3.8, 4) is 11.8 Å². The summed E-state index contributed by atoms with van der Waals surface area (Å²) in [4.78, 5) is 44.5. The van der Waals surface area contributed by atoms with Crippen molar-refractivity contribution < 1.29 is 41.7 Å². The van der Waals surface area contributed by atoms with Gasteiger partial charge in [0, 0.05) is 24.2 Å². The Morgan fingerprint density at radius 1 is 1.16 bits per heavy atom. The summed E-state index contributed by atoms with van der Waals surface area (Å²) >= 11 is 9.74. The summed E-state index contributed by atoms with van der Waals surface area (Å²) < 4.78 is 67.1. The average Bonchev–Trinajstić information content (AvgIpc) is 3.13. The van der Waals surface area contributed by atoms with Crippen molar-refractivity contribution in [2.75, 3.05) is 43.2 Å². The predicted octanol–water partition coefficient (Wildman–Crippen LogP) is 7.93. The van der Waals surface area contributed by atoms with Crippen LogP contribution in [0.1, 0.15) is 66.5 Å². The number of ether oxygens (including phenoxy) is 4. The molecular weight excluding hydrogens is 749 g/mol. The van der Waals surface area contributed by atoms with E-state index in [1.54, 1.807) is 72.5 Å². The first-order valence-electron chi connectivity index (χ1n) is 15.9. The number of nitrogens with zero attached hydrogens (tertiary/aromatic N) is 6. The third-order valence-corrected chi connectivity index (χ3v) is 9.21. The van der Waals surface area contributed by atoms with E-state index in [-0.39, 0.29) is 63.6 Å². The number of aromatic nitrogens is 3. The minimum atomic E-state index is -2.88. The summed E-state index contributed by atoms with van der Waals surface area (Å²) in [5.41, 5.74) is -1.74. The SMILES string of the molecule is C[C@H](c1cccnc1N(C(=O)OC(C)(C)C)C(=O)OC(C)(C)C)N1CCOc2c(Cl)c(Br)c(F)c3nc(OC[C@@H]4CC(F)(F)CN4C)nc1c23. The summed E-state index contributed by atoms with van der Waals surface area (Å²) in [7, 11) is 1.57. The van der Waals surface area contributed by atoms with Gasteiger partial charge in [0.15, 0.2) is 17.4 Å². The molecule has 5 rings (SSSR count). The van der Waals surface area contributed by atoms with E-state index >= 15 is 4.39 Å². The number of alkyl halides is 2. The van der Waals surface area contributed by atoms with E-state index in [0.29, 0.717) is 5.56 Å². The Kier molecular flexibility index (Phi) is 10.4. The molecule has 4 heterocycles. The first-order chi connectivity index (χ1) is 23.2. The van der Waals surface area contributed by atoms with E-state index in [1.165, 1.54) is 11.1 Å². The van der Waals surface area contributed by atoms with Crippen molar-refractivity contribution >= 4 is 62.3 Å². The molecule has 0 spiro atoms. The van der Waals surface area contributed by atoms with Crippen LogP contribution in [0.4, 0.5) is 34.4 Å². The Hall–Kier alpha value is -3.63. The van der Waals surface area contributed by atoms with Gasteiger partial charge in [-0.05, 0) is 77.5 Å². The summed E-state index contributed by atoms with van der Waals surface area (Å²) in [5.74, 6) is -3.48. The number of carbonyl (C=O) groups excluding carboxylic acids is 2. The predicted molar refractivity (Wildman–Crippen MR) is 184 cm³/mol. The molecule has 0 N–H and O–H groups in total. The Morgan fingerprint density at radius 3 is 2.38 bits per heavy atom. The molecule has 0 radical (unpaired) electrons. The minimum absolute atomic E-state index is 0.0408. The van der Waals surface area contributed by atoms with Crippen molar-refractivity contribution in [3.63, 3.8) is 0 Å². The van der Waals surface area contributed by atoms with E-state index in [9.17, 15) is 18.4 Å². The summed E-state index contributed by atoms with van der Waals surface area (Å²) in [6.07, 6.45) is -1.02. The molecule has 0 saturated carbocycles. The number of rotatable bonds is 6. The van der Waals surface area contributed by atoms with Gasteiger partial charge in [-0.15, -0.1) is 0 Å². The maximum Gasteiger partial charge on any atom is 0.425 e. The number of halogens is 5. The molecule has 0 bridgehead atoms. The largest absolute Gasteiger partial charge is 0.489 e. The Balaban J connectivity index is 1.62. The molecule has 50 heavy (non-hydrogen) atoms. The maximum absolute atomic E-state index is 15.9. The Bertz CT molecular complexity index is 1780. The number of amides is 2. The maximum atomic E-state index is 15.9. The van der Waals surface area contributed by atoms with Gasteiger partial charge in [0.05, 0.1) is 29.0 Å². The number of carbonyl (C=O) groups is 2. The van der Waals surface area contributed by atoms with E-state index in [2.05, 4.69) is 30.9 Å². The lowest BCUT2D eigenvalue weighted by Crippen LogP contribution is -2.45. The third-order valence-electron chi connectivity index (χ3n) is 7.88. The van der Waals surface area contributed by atoms with Gasteiger partial charge in [-0.2, -0.15) is 14.9 Å². The third kappa shape index (κ3) is 7.96. The molecule has 2 aromatic heterocycles. The van der Waals surface area contributed by atoms with E-state index in [4.69, 9.17) is 30.5 Å². The van der Waals surface area contributed by atoms with Crippen LogP contribution >= 0.6 is 27.5 Å². The number of imide groups is 1. The van der Waals surface area contributed by atoms with Crippen LogP contribution in [-0.4, -0.2) is 88.6 Å². The van der Waals surface area contributed by atoms with Crippen molar-refractivity contribution in [3.05, 3.63) is 39.2 Å². The molecule has 2 amide bonds. The van der Waals surface area contributed by atoms with Gasteiger partial charge in [0.1, 0.15) is 40.8 Å². The fraction of sp³-hybridized carbons (Fsp3) is 0.545. The highest BCUT2D eigenvalue weighted by molar-refractivity contribution is 9.10. The Labute approximate surface area is 301 Å². The van der Waals surface area contributed by atoms with Gasteiger partial charge < -0.3 is 23.8 Å². The first kappa shape index (κ1) is 37.6. The molecule has 1 aromatic carbocycles. The van der Waals surface area contributed by atoms with Crippen LogP contribution in [0.3, 0.4) is 0 Å². The van der Waals surface area contributed by atoms with Gasteiger partial charge in [-0.3, -0.25) is 4.90 Å². The number of hydrogen-bond donors (Lipinski definition) is 0. The number of hydrogen-bond acceptors (Lipinski definition) is 11. The lowest BCUT2D eigenvalue weighted by molar-refractivity contribution is 0.0136. The average molecular weight is 788 g/mol. The summed E-state index contributed by atoms with van der Waals surface area (Å²) in [6, 6.07) is 1.68. The second-order valence-electron chi connectivity index (χ2n) is 14.2. The molecule has 272 valence electrons. The number of anilines is 2. The van der Waals surface area contributed by atoms with E-state index in [0.717, 1.165) is 4.90 Å². The van der Waals surface area contributed by atoms with Gasteiger partial charge >= 0.3 is 18.2 Å². The molecule has 0 unspecified atom stereocenters. The van der Waals surface area contributed by atoms with E-state index in [1.807, 2.05) is 0 Å². The van der Waals surface area contributed by atoms with Crippen LogP contribution in [0.15, 0.2) is 22.8 Å². The molecule has 2 aliphatic heterocycles. The van der Waals surface area contributed by atoms with Crippen LogP contribution in [-0.2, 0) is 9.47 Å². The van der Waals surface area contributed by atoms with E-state index < -0.39 is 60.2 Å². The number of likely N-dealkylation sites (N-methyl/N-ethyl adjacent to an activating group) is 1. The molecule has 17 heteroatoms. The fourth-order valence-corrected chi connectivity index (χ4v) is 6.31. The zero-order valence-corrected chi connectivity index (χ0v) is 31.3. The number of benzene rings is 1. The number of likely N-dealkylation sites (tertiary alicyclic amines) is 1. The minimum Gasteiger partial charge on any atom is -0.489 e. The number of pyridine rings is 1. The van der Waals surface area contributed by atoms with Crippen molar-refractivity contribution in [2.45, 2.75) is 84.1 Å². The van der Waals surface area contributed by atoms with Crippen molar-refractivity contribution in [1.82, 2.24) is 19.9 Å². The molecular formula is C33H39BrClF3N6O6. The molecule has 1 fully saturated rings. The Morgan fingerprint density at radius 2 is 1.80 bits per heavy atom. The topological polar surface area (TPSA) is 119 Å². The summed E-state index contributed by atoms with van der Waals surface area (Å²) in [6.45, 7) is 11.3. The van der Waals surface area contributed by atoms with Gasteiger partial charge in [0.2, 0.25) is 0 Å². The highest BCUT2D eigenvalue weighted by Gasteiger charge is 2.44. The zero-order chi connectivity index (χ0) is 36.9. The molecule has 3 aromatic rings. The van der Waals surface area contributed by atoms with Crippen molar-refractivity contribution in [2.24, 2.45) is 0 Å². The van der Waals surface area contributed by atoms with Gasteiger partial charge in [0.25, 0.3) is 5.92 Å².